The monoisotopic (exact) mass is 503 g/mol. The number of ether oxygens (including phenoxy) is 1. The SMILES string of the molecule is Cc1ccc(C)c(NC(=O)[C@H](OC(=O)c2ccccc2-c2ccc(C(F)(F)F)cc2)c2ccccc2)c1. The van der Waals surface area contributed by atoms with Crippen LogP contribution in [0.5, 0.6) is 0 Å². The molecule has 4 aromatic rings. The average Bonchev–Trinajstić information content (AvgIpc) is 2.89. The van der Waals surface area contributed by atoms with Gasteiger partial charge in [0, 0.05) is 11.3 Å². The molecule has 0 aromatic heterocycles. The van der Waals surface area contributed by atoms with Gasteiger partial charge in [-0.25, -0.2) is 4.79 Å². The second kappa shape index (κ2) is 10.7. The molecule has 0 fully saturated rings. The molecule has 37 heavy (non-hydrogen) atoms. The van der Waals surface area contributed by atoms with Crippen molar-refractivity contribution < 1.29 is 27.5 Å². The fraction of sp³-hybridized carbons (Fsp3) is 0.133. The third kappa shape index (κ3) is 6.06. The van der Waals surface area contributed by atoms with Crippen LogP contribution in [0.25, 0.3) is 11.1 Å². The van der Waals surface area contributed by atoms with E-state index in [1.54, 1.807) is 48.5 Å². The zero-order valence-electron chi connectivity index (χ0n) is 20.2. The van der Waals surface area contributed by atoms with Crippen LogP contribution < -0.4 is 5.32 Å². The van der Waals surface area contributed by atoms with Gasteiger partial charge in [-0.2, -0.15) is 13.2 Å². The number of nitrogens with one attached hydrogen (secondary N) is 1. The summed E-state index contributed by atoms with van der Waals surface area (Å²) >= 11 is 0. The largest absolute Gasteiger partial charge is 0.444 e. The van der Waals surface area contributed by atoms with E-state index in [9.17, 15) is 22.8 Å². The molecule has 0 saturated heterocycles. The number of carbonyl (C=O) groups excluding carboxylic acids is 2. The maximum Gasteiger partial charge on any atom is 0.416 e. The van der Waals surface area contributed by atoms with Crippen LogP contribution in [0.4, 0.5) is 18.9 Å². The molecule has 0 bridgehead atoms. The summed E-state index contributed by atoms with van der Waals surface area (Å²) in [4.78, 5) is 26.7. The van der Waals surface area contributed by atoms with Crippen LogP contribution in [0.15, 0.2) is 97.1 Å². The summed E-state index contributed by atoms with van der Waals surface area (Å²) in [6.45, 7) is 3.76. The Morgan fingerprint density at radius 2 is 1.46 bits per heavy atom. The highest BCUT2D eigenvalue weighted by Crippen LogP contribution is 2.33. The van der Waals surface area contributed by atoms with Crippen LogP contribution >= 0.6 is 0 Å². The van der Waals surface area contributed by atoms with Gasteiger partial charge in [-0.05, 0) is 60.4 Å². The van der Waals surface area contributed by atoms with Crippen molar-refractivity contribution >= 4 is 17.6 Å². The molecule has 1 atom stereocenters. The van der Waals surface area contributed by atoms with Crippen molar-refractivity contribution in [3.05, 3.63) is 125 Å². The number of rotatable bonds is 6. The third-order valence-electron chi connectivity index (χ3n) is 5.89. The Morgan fingerprint density at radius 1 is 0.811 bits per heavy atom. The second-order valence-corrected chi connectivity index (χ2v) is 8.62. The third-order valence-corrected chi connectivity index (χ3v) is 5.89. The molecule has 4 rings (SSSR count). The number of hydrogen-bond donors (Lipinski definition) is 1. The lowest BCUT2D eigenvalue weighted by molar-refractivity contribution is -0.137. The zero-order valence-corrected chi connectivity index (χ0v) is 20.2. The summed E-state index contributed by atoms with van der Waals surface area (Å²) < 4.78 is 44.7. The molecule has 7 heteroatoms. The lowest BCUT2D eigenvalue weighted by Gasteiger charge is -2.20. The van der Waals surface area contributed by atoms with Crippen molar-refractivity contribution in [2.24, 2.45) is 0 Å². The fourth-order valence-corrected chi connectivity index (χ4v) is 3.89. The Balaban J connectivity index is 1.65. The lowest BCUT2D eigenvalue weighted by atomic mass is 9.98. The van der Waals surface area contributed by atoms with E-state index in [4.69, 9.17) is 4.74 Å². The molecule has 0 spiro atoms. The molecule has 188 valence electrons. The minimum Gasteiger partial charge on any atom is -0.444 e. The van der Waals surface area contributed by atoms with E-state index in [1.807, 2.05) is 32.0 Å². The number of hydrogen-bond acceptors (Lipinski definition) is 3. The van der Waals surface area contributed by atoms with Crippen LogP contribution in [0.2, 0.25) is 0 Å². The number of benzene rings is 4. The van der Waals surface area contributed by atoms with Gasteiger partial charge in [0.1, 0.15) is 0 Å². The van der Waals surface area contributed by atoms with Gasteiger partial charge >= 0.3 is 12.1 Å². The van der Waals surface area contributed by atoms with Gasteiger partial charge in [0.2, 0.25) is 6.10 Å². The number of alkyl halides is 3. The van der Waals surface area contributed by atoms with Gasteiger partial charge in [0.15, 0.2) is 0 Å². The van der Waals surface area contributed by atoms with E-state index < -0.39 is 29.7 Å². The Morgan fingerprint density at radius 3 is 2.14 bits per heavy atom. The molecule has 0 unspecified atom stereocenters. The van der Waals surface area contributed by atoms with Gasteiger partial charge in [0.25, 0.3) is 5.91 Å². The molecule has 4 nitrogen and oxygen atoms in total. The van der Waals surface area contributed by atoms with Crippen molar-refractivity contribution in [2.75, 3.05) is 5.32 Å². The standard InChI is InChI=1S/C30H24F3NO3/c1-19-12-13-20(2)26(18-19)34-28(35)27(22-8-4-3-5-9-22)37-29(36)25-11-7-6-10-24(25)21-14-16-23(17-15-21)30(31,32)33/h3-18,27H,1-2H3,(H,34,35)/t27-/m1/s1. The van der Waals surface area contributed by atoms with Crippen LogP contribution in [0.1, 0.15) is 38.7 Å². The molecule has 0 aliphatic heterocycles. The molecule has 1 N–H and O–H groups in total. The van der Waals surface area contributed by atoms with Crippen molar-refractivity contribution in [2.45, 2.75) is 26.1 Å². The summed E-state index contributed by atoms with van der Waals surface area (Å²) in [5, 5.41) is 2.85. The highest BCUT2D eigenvalue weighted by atomic mass is 19.4. The van der Waals surface area contributed by atoms with Crippen LogP contribution in [0.3, 0.4) is 0 Å². The molecular formula is C30H24F3NO3. The van der Waals surface area contributed by atoms with E-state index in [0.717, 1.165) is 23.3 Å². The maximum atomic E-state index is 13.3. The normalized spacial score (nSPS) is 12.0. The predicted octanol–water partition coefficient (Wildman–Crippen LogP) is 7.53. The fourth-order valence-electron chi connectivity index (χ4n) is 3.89. The summed E-state index contributed by atoms with van der Waals surface area (Å²) in [6, 6.07) is 25.2. The number of aryl methyl sites for hydroxylation is 2. The molecule has 0 radical (unpaired) electrons. The quantitative estimate of drug-likeness (QED) is 0.277. The molecule has 1 amide bonds. The zero-order chi connectivity index (χ0) is 26.6. The smallest absolute Gasteiger partial charge is 0.416 e. The van der Waals surface area contributed by atoms with E-state index in [-0.39, 0.29) is 5.56 Å². The first-order chi connectivity index (χ1) is 17.6. The number of esters is 1. The highest BCUT2D eigenvalue weighted by Gasteiger charge is 2.30. The topological polar surface area (TPSA) is 55.4 Å². The van der Waals surface area contributed by atoms with Crippen molar-refractivity contribution in [3.63, 3.8) is 0 Å². The first-order valence-electron chi connectivity index (χ1n) is 11.5. The van der Waals surface area contributed by atoms with Crippen LogP contribution in [0, 0.1) is 13.8 Å². The first-order valence-corrected chi connectivity index (χ1v) is 11.5. The van der Waals surface area contributed by atoms with Crippen LogP contribution in [-0.4, -0.2) is 11.9 Å². The molecule has 0 heterocycles. The summed E-state index contributed by atoms with van der Waals surface area (Å²) in [6.07, 6.45) is -5.72. The van der Waals surface area contributed by atoms with Crippen molar-refractivity contribution in [1.82, 2.24) is 0 Å². The van der Waals surface area contributed by atoms with Gasteiger partial charge in [0.05, 0.1) is 11.1 Å². The van der Waals surface area contributed by atoms with E-state index in [0.29, 0.717) is 22.4 Å². The minimum absolute atomic E-state index is 0.128. The number of carbonyl (C=O) groups is 2. The van der Waals surface area contributed by atoms with Gasteiger partial charge < -0.3 is 10.1 Å². The van der Waals surface area contributed by atoms with E-state index in [1.165, 1.54) is 18.2 Å². The molecule has 4 aromatic carbocycles. The van der Waals surface area contributed by atoms with Gasteiger partial charge in [-0.3, -0.25) is 4.79 Å². The Labute approximate surface area is 212 Å². The van der Waals surface area contributed by atoms with E-state index >= 15 is 0 Å². The molecule has 0 aliphatic rings. The molecular weight excluding hydrogens is 479 g/mol. The molecule has 0 saturated carbocycles. The first kappa shape index (κ1) is 25.7. The number of amides is 1. The minimum atomic E-state index is -4.47. The predicted molar refractivity (Wildman–Crippen MR) is 136 cm³/mol. The number of anilines is 1. The summed E-state index contributed by atoms with van der Waals surface area (Å²) in [7, 11) is 0. The highest BCUT2D eigenvalue weighted by molar-refractivity contribution is 6.01. The number of halogens is 3. The second-order valence-electron chi connectivity index (χ2n) is 8.62. The summed E-state index contributed by atoms with van der Waals surface area (Å²) in [5.74, 6) is -1.30. The molecule has 0 aliphatic carbocycles. The van der Waals surface area contributed by atoms with Gasteiger partial charge in [-0.15, -0.1) is 0 Å². The lowest BCUT2D eigenvalue weighted by Crippen LogP contribution is -2.26. The van der Waals surface area contributed by atoms with Crippen LogP contribution in [-0.2, 0) is 15.7 Å². The average molecular weight is 504 g/mol. The van der Waals surface area contributed by atoms with E-state index in [2.05, 4.69) is 5.32 Å². The van der Waals surface area contributed by atoms with Gasteiger partial charge in [-0.1, -0.05) is 72.8 Å². The van der Waals surface area contributed by atoms with Crippen molar-refractivity contribution in [1.29, 1.82) is 0 Å². The Hall–Kier alpha value is -4.39. The van der Waals surface area contributed by atoms with Crippen molar-refractivity contribution in [3.8, 4) is 11.1 Å². The maximum absolute atomic E-state index is 13.3. The summed E-state index contributed by atoms with van der Waals surface area (Å²) in [5.41, 5.74) is 3.04. The Bertz CT molecular complexity index is 1410. The Kier molecular flexibility index (Phi) is 7.43.